The van der Waals surface area contributed by atoms with E-state index in [4.69, 9.17) is 0 Å². The van der Waals surface area contributed by atoms with E-state index in [1.165, 1.54) is 23.5 Å². The summed E-state index contributed by atoms with van der Waals surface area (Å²) in [4.78, 5) is 9.75. The van der Waals surface area contributed by atoms with Gasteiger partial charge in [-0.15, -0.1) is 22.7 Å². The van der Waals surface area contributed by atoms with Gasteiger partial charge in [0, 0.05) is 10.9 Å². The smallest absolute Gasteiger partial charge is 0.290 e. The van der Waals surface area contributed by atoms with E-state index in [-0.39, 0.29) is 5.56 Å². The van der Waals surface area contributed by atoms with Crippen molar-refractivity contribution in [3.63, 3.8) is 0 Å². The summed E-state index contributed by atoms with van der Waals surface area (Å²) in [5, 5.41) is 6.06. The Kier molecular flexibility index (Phi) is 4.41. The number of nitrogens with zero attached hydrogens (tertiary/aromatic N) is 2. The molecule has 2 aromatic heterocycles. The molecule has 0 unspecified atom stereocenters. The molecule has 7 heteroatoms. The first-order valence-electron chi connectivity index (χ1n) is 7.03. The lowest BCUT2D eigenvalue weighted by molar-refractivity contribution is 0.0106. The number of thiazole rings is 2. The second-order valence-corrected chi connectivity index (χ2v) is 7.17. The largest absolute Gasteiger partial charge is 0.355 e. The molecule has 0 bridgehead atoms. The Hall–Kier alpha value is -1.86. The van der Waals surface area contributed by atoms with Gasteiger partial charge in [0.1, 0.15) is 0 Å². The van der Waals surface area contributed by atoms with Crippen LogP contribution in [-0.2, 0) is 5.92 Å². The summed E-state index contributed by atoms with van der Waals surface area (Å²) in [6.45, 7) is 3.38. The van der Waals surface area contributed by atoms with Crippen LogP contribution in [0.2, 0.25) is 0 Å². The topological polar surface area (TPSA) is 37.8 Å². The molecule has 1 aromatic carbocycles. The predicted octanol–water partition coefficient (Wildman–Crippen LogP) is 5.09. The lowest BCUT2D eigenvalue weighted by atomic mass is 10.1. The van der Waals surface area contributed by atoms with Gasteiger partial charge in [0.2, 0.25) is 0 Å². The monoisotopic (exact) mass is 351 g/mol. The van der Waals surface area contributed by atoms with Gasteiger partial charge in [-0.1, -0.05) is 30.3 Å². The van der Waals surface area contributed by atoms with Crippen molar-refractivity contribution in [3.8, 4) is 10.6 Å². The molecule has 3 nitrogen and oxygen atoms in total. The van der Waals surface area contributed by atoms with Gasteiger partial charge in [-0.3, -0.25) is 0 Å². The maximum Gasteiger partial charge on any atom is 0.290 e. The first-order chi connectivity index (χ1) is 11.0. The lowest BCUT2D eigenvalue weighted by Gasteiger charge is -2.16. The highest BCUT2D eigenvalue weighted by molar-refractivity contribution is 7.16. The van der Waals surface area contributed by atoms with Crippen LogP contribution in [0.25, 0.3) is 10.6 Å². The van der Waals surface area contributed by atoms with E-state index in [0.717, 1.165) is 21.3 Å². The van der Waals surface area contributed by atoms with E-state index in [1.54, 1.807) is 29.5 Å². The molecule has 0 spiro atoms. The third-order valence-corrected chi connectivity index (χ3v) is 5.19. The van der Waals surface area contributed by atoms with Crippen LogP contribution in [0.3, 0.4) is 0 Å². The fourth-order valence-electron chi connectivity index (χ4n) is 2.20. The Labute approximate surface area is 141 Å². The maximum atomic E-state index is 14.1. The Bertz CT molecular complexity index is 797. The molecule has 0 fully saturated rings. The van der Waals surface area contributed by atoms with Crippen LogP contribution in [0.5, 0.6) is 0 Å². The number of nitrogens with one attached hydrogen (secondary N) is 1. The predicted molar refractivity (Wildman–Crippen MR) is 91.5 cm³/mol. The minimum absolute atomic E-state index is 0.00166. The number of rotatable bonds is 5. The Balaban J connectivity index is 1.71. The van der Waals surface area contributed by atoms with Crippen LogP contribution in [0.4, 0.5) is 13.9 Å². The van der Waals surface area contributed by atoms with Crippen LogP contribution in [0.1, 0.15) is 16.3 Å². The molecule has 0 aliphatic rings. The van der Waals surface area contributed by atoms with Crippen molar-refractivity contribution in [2.45, 2.75) is 19.8 Å². The average Bonchev–Trinajstić information content (AvgIpc) is 3.12. The highest BCUT2D eigenvalue weighted by atomic mass is 32.1. The van der Waals surface area contributed by atoms with Gasteiger partial charge in [-0.2, -0.15) is 8.78 Å². The molecule has 0 saturated carbocycles. The van der Waals surface area contributed by atoms with Crippen molar-refractivity contribution in [2.24, 2.45) is 0 Å². The molecule has 0 amide bonds. The Morgan fingerprint density at radius 1 is 1.13 bits per heavy atom. The summed E-state index contributed by atoms with van der Waals surface area (Å²) in [6.07, 6.45) is 0. The van der Waals surface area contributed by atoms with E-state index < -0.39 is 12.5 Å². The summed E-state index contributed by atoms with van der Waals surface area (Å²) < 4.78 is 28.3. The van der Waals surface area contributed by atoms with Gasteiger partial charge in [-0.25, -0.2) is 9.97 Å². The maximum absolute atomic E-state index is 14.1. The van der Waals surface area contributed by atoms with Crippen molar-refractivity contribution in [1.82, 2.24) is 9.97 Å². The zero-order valence-corrected chi connectivity index (χ0v) is 14.3. The van der Waals surface area contributed by atoms with Crippen molar-refractivity contribution in [3.05, 3.63) is 52.0 Å². The second kappa shape index (κ2) is 6.33. The highest BCUT2D eigenvalue weighted by Crippen LogP contribution is 2.33. The zero-order valence-electron chi connectivity index (χ0n) is 12.6. The molecule has 0 aliphatic heterocycles. The summed E-state index contributed by atoms with van der Waals surface area (Å²) >= 11 is 2.88. The molecule has 0 radical (unpaired) electrons. The third-order valence-electron chi connectivity index (χ3n) is 3.30. The minimum Gasteiger partial charge on any atom is -0.355 e. The number of hydrogen-bond donors (Lipinski definition) is 1. The van der Waals surface area contributed by atoms with E-state index in [1.807, 2.05) is 19.2 Å². The average molecular weight is 351 g/mol. The Morgan fingerprint density at radius 3 is 2.52 bits per heavy atom. The van der Waals surface area contributed by atoms with Crippen LogP contribution in [-0.4, -0.2) is 16.5 Å². The highest BCUT2D eigenvalue weighted by Gasteiger charge is 2.31. The molecule has 3 rings (SSSR count). The number of aryl methyl sites for hydroxylation is 2. The van der Waals surface area contributed by atoms with Gasteiger partial charge in [0.25, 0.3) is 5.92 Å². The molecule has 120 valence electrons. The lowest BCUT2D eigenvalue weighted by Crippen LogP contribution is -2.24. The van der Waals surface area contributed by atoms with Gasteiger partial charge in [-0.05, 0) is 13.8 Å². The van der Waals surface area contributed by atoms with Gasteiger partial charge >= 0.3 is 0 Å². The standard InChI is InChI=1S/C16H15F2N3S2/c1-10-14(23-11(2)20-10)13-8-22-15(21-13)19-9-16(17,18)12-6-4-3-5-7-12/h3-8H,9H2,1-2H3,(H,19,21). The number of anilines is 1. The molecule has 2 heterocycles. The fourth-order valence-corrected chi connectivity index (χ4v) is 3.85. The SMILES string of the molecule is Cc1nc(C)c(-c2csc(NCC(F)(F)c3ccccc3)n2)s1. The molecular weight excluding hydrogens is 336 g/mol. The summed E-state index contributed by atoms with van der Waals surface area (Å²) in [5.74, 6) is -2.94. The summed E-state index contributed by atoms with van der Waals surface area (Å²) in [7, 11) is 0. The van der Waals surface area contributed by atoms with E-state index in [2.05, 4.69) is 15.3 Å². The van der Waals surface area contributed by atoms with Gasteiger partial charge < -0.3 is 5.32 Å². The quantitative estimate of drug-likeness (QED) is 0.696. The molecule has 0 atom stereocenters. The van der Waals surface area contributed by atoms with Crippen LogP contribution < -0.4 is 5.32 Å². The normalized spacial score (nSPS) is 11.7. The van der Waals surface area contributed by atoms with Crippen LogP contribution >= 0.6 is 22.7 Å². The molecular formula is C16H15F2N3S2. The van der Waals surface area contributed by atoms with Gasteiger partial charge in [0.05, 0.1) is 27.8 Å². The first kappa shape index (κ1) is 16.0. The third kappa shape index (κ3) is 3.56. The van der Waals surface area contributed by atoms with Crippen molar-refractivity contribution in [1.29, 1.82) is 0 Å². The van der Waals surface area contributed by atoms with Crippen LogP contribution in [0, 0.1) is 13.8 Å². The zero-order chi connectivity index (χ0) is 16.4. The molecule has 23 heavy (non-hydrogen) atoms. The number of halogens is 2. The van der Waals surface area contributed by atoms with Crippen molar-refractivity contribution >= 4 is 27.8 Å². The Morgan fingerprint density at radius 2 is 1.87 bits per heavy atom. The van der Waals surface area contributed by atoms with E-state index in [9.17, 15) is 8.78 Å². The van der Waals surface area contributed by atoms with E-state index in [0.29, 0.717) is 5.13 Å². The molecule has 1 N–H and O–H groups in total. The minimum atomic E-state index is -2.94. The second-order valence-electron chi connectivity index (χ2n) is 5.11. The van der Waals surface area contributed by atoms with E-state index >= 15 is 0 Å². The van der Waals surface area contributed by atoms with Crippen molar-refractivity contribution in [2.75, 3.05) is 11.9 Å². The molecule has 0 aliphatic carbocycles. The van der Waals surface area contributed by atoms with Gasteiger partial charge in [0.15, 0.2) is 5.13 Å². The summed E-state index contributed by atoms with van der Waals surface area (Å²) in [5.41, 5.74) is 1.70. The number of alkyl halides is 2. The summed E-state index contributed by atoms with van der Waals surface area (Å²) in [6, 6.07) is 7.80. The molecule has 3 aromatic rings. The first-order valence-corrected chi connectivity index (χ1v) is 8.72. The number of benzene rings is 1. The van der Waals surface area contributed by atoms with Crippen LogP contribution in [0.15, 0.2) is 35.7 Å². The number of aromatic nitrogens is 2. The number of hydrogen-bond acceptors (Lipinski definition) is 5. The fraction of sp³-hybridized carbons (Fsp3) is 0.250. The molecule has 0 saturated heterocycles. The van der Waals surface area contributed by atoms with Crippen molar-refractivity contribution < 1.29 is 8.78 Å².